The summed E-state index contributed by atoms with van der Waals surface area (Å²) in [6.45, 7) is 0.325. The highest BCUT2D eigenvalue weighted by atomic mass is 16.5. The smallest absolute Gasteiger partial charge is 0.272 e. The number of aromatic amines is 1. The Morgan fingerprint density at radius 3 is 2.47 bits per heavy atom. The number of nitrogens with one attached hydrogen (secondary N) is 1. The van der Waals surface area contributed by atoms with Gasteiger partial charge < -0.3 is 14.2 Å². The second kappa shape index (κ2) is 8.42. The van der Waals surface area contributed by atoms with Gasteiger partial charge >= 0.3 is 0 Å². The van der Waals surface area contributed by atoms with Gasteiger partial charge in [-0.3, -0.25) is 9.89 Å². The van der Waals surface area contributed by atoms with Crippen LogP contribution in [0.15, 0.2) is 59.4 Å². The first-order valence-electron chi connectivity index (χ1n) is 9.53. The third-order valence-electron chi connectivity index (χ3n) is 4.98. The minimum Gasteiger partial charge on any atom is -0.497 e. The van der Waals surface area contributed by atoms with Crippen molar-refractivity contribution in [1.82, 2.24) is 14.6 Å². The maximum Gasteiger partial charge on any atom is 0.272 e. The number of rotatable bonds is 7. The number of benzene rings is 2. The Balaban J connectivity index is 1.86. The predicted octanol–water partition coefficient (Wildman–Crippen LogP) is 3.44. The van der Waals surface area contributed by atoms with E-state index in [1.165, 1.54) is 4.52 Å². The molecule has 2 heterocycles. The average Bonchev–Trinajstić information content (AvgIpc) is 3.13. The first-order valence-corrected chi connectivity index (χ1v) is 9.53. The molecule has 0 bridgehead atoms. The molecular formula is C23H23N3O4. The summed E-state index contributed by atoms with van der Waals surface area (Å²) < 4.78 is 17.5. The number of ether oxygens (including phenoxy) is 3. The molecule has 154 valence electrons. The van der Waals surface area contributed by atoms with Crippen molar-refractivity contribution < 1.29 is 14.2 Å². The maximum atomic E-state index is 12.8. The van der Waals surface area contributed by atoms with Gasteiger partial charge in [-0.05, 0) is 23.8 Å². The quantitative estimate of drug-likeness (QED) is 0.510. The van der Waals surface area contributed by atoms with Crippen LogP contribution in [0.2, 0.25) is 0 Å². The molecule has 0 unspecified atom stereocenters. The molecule has 30 heavy (non-hydrogen) atoms. The number of hydrogen-bond acceptors (Lipinski definition) is 5. The van der Waals surface area contributed by atoms with Gasteiger partial charge in [0.25, 0.3) is 5.56 Å². The third kappa shape index (κ3) is 3.67. The first-order chi connectivity index (χ1) is 14.6. The number of H-pyrrole nitrogens is 1. The molecule has 0 atom stereocenters. The minimum atomic E-state index is -0.179. The van der Waals surface area contributed by atoms with Crippen molar-refractivity contribution in [3.05, 3.63) is 81.9 Å². The van der Waals surface area contributed by atoms with Crippen molar-refractivity contribution in [3.8, 4) is 22.6 Å². The first kappa shape index (κ1) is 19.7. The third-order valence-corrected chi connectivity index (χ3v) is 4.98. The van der Waals surface area contributed by atoms with Gasteiger partial charge in [-0.1, -0.05) is 30.3 Å². The lowest BCUT2D eigenvalue weighted by molar-refractivity contribution is 0.181. The van der Waals surface area contributed by atoms with E-state index in [0.29, 0.717) is 24.4 Å². The summed E-state index contributed by atoms with van der Waals surface area (Å²) in [7, 11) is 4.88. The van der Waals surface area contributed by atoms with Crippen LogP contribution in [-0.4, -0.2) is 35.9 Å². The zero-order valence-electron chi connectivity index (χ0n) is 17.1. The van der Waals surface area contributed by atoms with Crippen LogP contribution in [0.3, 0.4) is 0 Å². The van der Waals surface area contributed by atoms with Crippen LogP contribution in [0.4, 0.5) is 0 Å². The number of hydrogen-bond donors (Lipinski definition) is 1. The van der Waals surface area contributed by atoms with E-state index in [1.807, 2.05) is 48.5 Å². The lowest BCUT2D eigenvalue weighted by atomic mass is 10.1. The Morgan fingerprint density at radius 1 is 1.00 bits per heavy atom. The van der Waals surface area contributed by atoms with Crippen molar-refractivity contribution in [3.63, 3.8) is 0 Å². The summed E-state index contributed by atoms with van der Waals surface area (Å²) in [5.41, 5.74) is 4.55. The Morgan fingerprint density at radius 2 is 1.77 bits per heavy atom. The number of fused-ring (bicyclic) bond motifs is 1. The van der Waals surface area contributed by atoms with E-state index in [4.69, 9.17) is 19.2 Å². The summed E-state index contributed by atoms with van der Waals surface area (Å²) in [6, 6.07) is 16.9. The normalized spacial score (nSPS) is 11.0. The summed E-state index contributed by atoms with van der Waals surface area (Å²) in [4.78, 5) is 17.7. The number of aromatic nitrogens is 3. The van der Waals surface area contributed by atoms with Crippen LogP contribution in [0.1, 0.15) is 17.0 Å². The Bertz CT molecular complexity index is 1230. The Labute approximate surface area is 173 Å². The van der Waals surface area contributed by atoms with Gasteiger partial charge in [0.15, 0.2) is 5.65 Å². The van der Waals surface area contributed by atoms with E-state index in [2.05, 4.69) is 5.10 Å². The largest absolute Gasteiger partial charge is 0.497 e. The second-order valence-electron chi connectivity index (χ2n) is 6.86. The van der Waals surface area contributed by atoms with E-state index in [-0.39, 0.29) is 5.56 Å². The number of para-hydroxylation sites is 1. The lowest BCUT2D eigenvalue weighted by Gasteiger charge is -2.08. The molecule has 7 heteroatoms. The average molecular weight is 405 g/mol. The standard InChI is InChI=1S/C23H23N3O4/c1-28-14-19-22(15-8-10-18(29-2)11-9-15)23-24-17(13-21(27)26(23)25-19)12-16-6-4-5-7-20(16)30-3/h4-11,13,25H,12,14H2,1-3H3. The van der Waals surface area contributed by atoms with Gasteiger partial charge in [0.1, 0.15) is 11.5 Å². The molecule has 2 aromatic carbocycles. The maximum absolute atomic E-state index is 12.8. The molecule has 0 saturated heterocycles. The number of methoxy groups -OCH3 is 3. The molecule has 1 N–H and O–H groups in total. The molecule has 0 aliphatic rings. The second-order valence-corrected chi connectivity index (χ2v) is 6.86. The highest BCUT2D eigenvalue weighted by Gasteiger charge is 2.18. The Hall–Kier alpha value is -3.58. The molecule has 0 aliphatic carbocycles. The van der Waals surface area contributed by atoms with Crippen LogP contribution in [0.5, 0.6) is 11.5 Å². The zero-order valence-corrected chi connectivity index (χ0v) is 17.1. The molecule has 0 spiro atoms. The number of nitrogens with zero attached hydrogens (tertiary/aromatic N) is 2. The molecule has 4 rings (SSSR count). The van der Waals surface area contributed by atoms with Gasteiger partial charge in [-0.25, -0.2) is 9.50 Å². The van der Waals surface area contributed by atoms with Crippen LogP contribution in [0.25, 0.3) is 16.8 Å². The molecule has 0 amide bonds. The molecule has 0 aliphatic heterocycles. The van der Waals surface area contributed by atoms with E-state index in [1.54, 1.807) is 27.4 Å². The molecule has 2 aromatic heterocycles. The van der Waals surface area contributed by atoms with E-state index in [0.717, 1.165) is 33.9 Å². The van der Waals surface area contributed by atoms with Gasteiger partial charge in [0.05, 0.1) is 32.2 Å². The molecule has 7 nitrogen and oxygen atoms in total. The van der Waals surface area contributed by atoms with Gasteiger partial charge in [0, 0.05) is 30.7 Å². The SMILES string of the molecule is COCc1[nH]n2c(=O)cc(Cc3ccccc3OC)nc2c1-c1ccc(OC)cc1. The highest BCUT2D eigenvalue weighted by molar-refractivity contribution is 5.80. The molecule has 4 aromatic rings. The predicted molar refractivity (Wildman–Crippen MR) is 114 cm³/mol. The van der Waals surface area contributed by atoms with Crippen molar-refractivity contribution in [2.24, 2.45) is 0 Å². The van der Waals surface area contributed by atoms with E-state index in [9.17, 15) is 4.79 Å². The van der Waals surface area contributed by atoms with Crippen molar-refractivity contribution in [2.75, 3.05) is 21.3 Å². The molecule has 0 saturated carbocycles. The summed E-state index contributed by atoms with van der Waals surface area (Å²) in [5, 5.41) is 3.13. The fraction of sp³-hybridized carbons (Fsp3) is 0.217. The van der Waals surface area contributed by atoms with E-state index < -0.39 is 0 Å². The fourth-order valence-corrected chi connectivity index (χ4v) is 3.58. The van der Waals surface area contributed by atoms with Crippen molar-refractivity contribution in [2.45, 2.75) is 13.0 Å². The summed E-state index contributed by atoms with van der Waals surface area (Å²) in [5.74, 6) is 1.53. The zero-order chi connectivity index (χ0) is 21.1. The summed E-state index contributed by atoms with van der Waals surface area (Å²) in [6.07, 6.45) is 0.489. The van der Waals surface area contributed by atoms with E-state index >= 15 is 0 Å². The fourth-order valence-electron chi connectivity index (χ4n) is 3.58. The Kier molecular flexibility index (Phi) is 5.54. The van der Waals surface area contributed by atoms with Crippen molar-refractivity contribution >= 4 is 5.65 Å². The molecule has 0 radical (unpaired) electrons. The molecular weight excluding hydrogens is 382 g/mol. The van der Waals surface area contributed by atoms with Crippen LogP contribution in [-0.2, 0) is 17.8 Å². The highest BCUT2D eigenvalue weighted by Crippen LogP contribution is 2.29. The van der Waals surface area contributed by atoms with Gasteiger partial charge in [-0.2, -0.15) is 0 Å². The van der Waals surface area contributed by atoms with Crippen LogP contribution >= 0.6 is 0 Å². The van der Waals surface area contributed by atoms with Crippen LogP contribution in [0, 0.1) is 0 Å². The topological polar surface area (TPSA) is 77.9 Å². The lowest BCUT2D eigenvalue weighted by Crippen LogP contribution is -2.16. The van der Waals surface area contributed by atoms with Gasteiger partial charge in [-0.15, -0.1) is 0 Å². The van der Waals surface area contributed by atoms with Crippen molar-refractivity contribution in [1.29, 1.82) is 0 Å². The summed E-state index contributed by atoms with van der Waals surface area (Å²) >= 11 is 0. The monoisotopic (exact) mass is 405 g/mol. The van der Waals surface area contributed by atoms with Gasteiger partial charge in [0.2, 0.25) is 0 Å². The minimum absolute atomic E-state index is 0.179. The van der Waals surface area contributed by atoms with Crippen LogP contribution < -0.4 is 15.0 Å². The molecule has 0 fully saturated rings.